The molecule has 8 heteroatoms. The van der Waals surface area contributed by atoms with E-state index >= 15 is 0 Å². The summed E-state index contributed by atoms with van der Waals surface area (Å²) in [6, 6.07) is 1.36. The number of halogens is 6. The van der Waals surface area contributed by atoms with Gasteiger partial charge in [-0.05, 0) is 41.4 Å². The van der Waals surface area contributed by atoms with Gasteiger partial charge in [0.2, 0.25) is 0 Å². The van der Waals surface area contributed by atoms with Crippen LogP contribution >= 0.6 is 23.2 Å². The lowest BCUT2D eigenvalue weighted by Gasteiger charge is -2.14. The van der Waals surface area contributed by atoms with Crippen molar-refractivity contribution in [1.29, 1.82) is 0 Å². The highest BCUT2D eigenvalue weighted by molar-refractivity contribution is 6.22. The fourth-order valence-electron chi connectivity index (χ4n) is 1.08. The van der Waals surface area contributed by atoms with E-state index in [2.05, 4.69) is 23.2 Å². The summed E-state index contributed by atoms with van der Waals surface area (Å²) >= 11 is 9.29. The predicted octanol–water partition coefficient (Wildman–Crippen LogP) is 3.96. The molecule has 0 atom stereocenters. The van der Waals surface area contributed by atoms with Crippen LogP contribution in [0.25, 0.3) is 0 Å². The Morgan fingerprint density at radius 3 is 1.59 bits per heavy atom. The monoisotopic (exact) mass is 290 g/mol. The van der Waals surface area contributed by atoms with E-state index < -0.39 is 33.4 Å². The standard InChI is InChI=1S/C9H4Cl2F4O2/c10-8(12,13)5-1-4(7(16)17)2-6(3-5)9(11,14)15/h1-3H,(H,16,17). The molecule has 0 saturated carbocycles. The number of carboxylic acids is 1. The van der Waals surface area contributed by atoms with E-state index in [9.17, 15) is 22.4 Å². The molecule has 0 bridgehead atoms. The largest absolute Gasteiger partial charge is 0.478 e. The molecule has 1 aromatic carbocycles. The van der Waals surface area contributed by atoms with Gasteiger partial charge >= 0.3 is 16.7 Å². The van der Waals surface area contributed by atoms with Gasteiger partial charge in [-0.25, -0.2) is 4.79 Å². The van der Waals surface area contributed by atoms with Crippen LogP contribution in [0.15, 0.2) is 18.2 Å². The molecule has 2 nitrogen and oxygen atoms in total. The maximum Gasteiger partial charge on any atom is 0.348 e. The van der Waals surface area contributed by atoms with Gasteiger partial charge in [0.05, 0.1) is 5.56 Å². The molecule has 0 spiro atoms. The lowest BCUT2D eigenvalue weighted by molar-refractivity contribution is 0.0692. The molecule has 0 saturated heterocycles. The lowest BCUT2D eigenvalue weighted by Crippen LogP contribution is -2.12. The summed E-state index contributed by atoms with van der Waals surface area (Å²) in [5.74, 6) is -1.64. The van der Waals surface area contributed by atoms with Gasteiger partial charge in [0.25, 0.3) is 0 Å². The third-order valence-electron chi connectivity index (χ3n) is 1.83. The van der Waals surface area contributed by atoms with E-state index in [0.29, 0.717) is 18.2 Å². The van der Waals surface area contributed by atoms with Crippen molar-refractivity contribution in [3.8, 4) is 0 Å². The smallest absolute Gasteiger partial charge is 0.348 e. The van der Waals surface area contributed by atoms with Crippen molar-refractivity contribution in [2.24, 2.45) is 0 Å². The van der Waals surface area contributed by atoms with Gasteiger partial charge in [-0.3, -0.25) is 0 Å². The molecule has 0 radical (unpaired) electrons. The van der Waals surface area contributed by atoms with E-state index in [-0.39, 0.29) is 0 Å². The fraction of sp³-hybridized carbons (Fsp3) is 0.222. The molecule has 1 rings (SSSR count). The molecule has 17 heavy (non-hydrogen) atoms. The van der Waals surface area contributed by atoms with Gasteiger partial charge in [0.1, 0.15) is 0 Å². The number of alkyl halides is 6. The molecule has 94 valence electrons. The first-order valence-corrected chi connectivity index (χ1v) is 4.80. The number of rotatable bonds is 3. The molecule has 0 amide bonds. The van der Waals surface area contributed by atoms with Gasteiger partial charge in [-0.15, -0.1) is 0 Å². The Hall–Kier alpha value is -1.01. The molecule has 0 fully saturated rings. The Bertz CT molecular complexity index is 419. The van der Waals surface area contributed by atoms with E-state index in [1.165, 1.54) is 0 Å². The summed E-state index contributed by atoms with van der Waals surface area (Å²) < 4.78 is 51.0. The number of carbonyl (C=O) groups is 1. The van der Waals surface area contributed by atoms with Crippen molar-refractivity contribution in [2.45, 2.75) is 10.8 Å². The topological polar surface area (TPSA) is 37.3 Å². The Balaban J connectivity index is 3.45. The third kappa shape index (κ3) is 3.47. The Morgan fingerprint density at radius 1 is 1.00 bits per heavy atom. The zero-order valence-corrected chi connectivity index (χ0v) is 9.37. The Kier molecular flexibility index (Phi) is 3.59. The van der Waals surface area contributed by atoms with Crippen molar-refractivity contribution in [1.82, 2.24) is 0 Å². The second-order valence-electron chi connectivity index (χ2n) is 3.10. The van der Waals surface area contributed by atoms with E-state index in [1.54, 1.807) is 0 Å². The van der Waals surface area contributed by atoms with E-state index in [1.807, 2.05) is 0 Å². The minimum Gasteiger partial charge on any atom is -0.478 e. The molecule has 0 unspecified atom stereocenters. The average Bonchev–Trinajstić information content (AvgIpc) is 2.14. The summed E-state index contributed by atoms with van der Waals surface area (Å²) in [4.78, 5) is 10.6. The second kappa shape index (κ2) is 4.34. The lowest BCUT2D eigenvalue weighted by atomic mass is 10.1. The number of benzene rings is 1. The highest BCUT2D eigenvalue weighted by atomic mass is 35.5. The molecule has 1 N–H and O–H groups in total. The Morgan fingerprint density at radius 2 is 1.35 bits per heavy atom. The first kappa shape index (κ1) is 14.1. The Labute approximate surface area is 103 Å². The van der Waals surface area contributed by atoms with Crippen LogP contribution in [-0.4, -0.2) is 11.1 Å². The normalized spacial score (nSPS) is 12.6. The van der Waals surface area contributed by atoms with Crippen molar-refractivity contribution in [3.63, 3.8) is 0 Å². The molecule has 1 aromatic rings. The summed E-state index contributed by atoms with van der Waals surface area (Å²) in [5.41, 5.74) is -2.87. The van der Waals surface area contributed by atoms with Crippen molar-refractivity contribution < 1.29 is 27.5 Å². The molecule has 0 aliphatic heterocycles. The van der Waals surface area contributed by atoms with Crippen LogP contribution in [0.4, 0.5) is 17.6 Å². The van der Waals surface area contributed by atoms with Crippen LogP contribution in [-0.2, 0) is 10.8 Å². The number of hydrogen-bond acceptors (Lipinski definition) is 1. The number of carboxylic acid groups (broad SMARTS) is 1. The molecule has 0 aliphatic carbocycles. The third-order valence-corrected chi connectivity index (χ3v) is 2.27. The van der Waals surface area contributed by atoms with Crippen molar-refractivity contribution in [2.75, 3.05) is 0 Å². The predicted molar refractivity (Wildman–Crippen MR) is 52.9 cm³/mol. The van der Waals surface area contributed by atoms with Gasteiger partial charge in [-0.2, -0.15) is 17.6 Å². The van der Waals surface area contributed by atoms with Crippen LogP contribution in [0.2, 0.25) is 0 Å². The van der Waals surface area contributed by atoms with Gasteiger partial charge in [0.15, 0.2) is 0 Å². The highest BCUT2D eigenvalue weighted by Gasteiger charge is 2.34. The fourth-order valence-corrected chi connectivity index (χ4v) is 1.30. The van der Waals surface area contributed by atoms with Crippen LogP contribution in [0, 0.1) is 0 Å². The quantitative estimate of drug-likeness (QED) is 0.676. The van der Waals surface area contributed by atoms with Crippen molar-refractivity contribution >= 4 is 29.2 Å². The van der Waals surface area contributed by atoms with Gasteiger partial charge in [-0.1, -0.05) is 0 Å². The van der Waals surface area contributed by atoms with E-state index in [0.717, 1.165) is 0 Å². The summed E-state index contributed by atoms with van der Waals surface area (Å²) in [6.07, 6.45) is 0. The maximum atomic E-state index is 12.8. The van der Waals surface area contributed by atoms with Crippen LogP contribution in [0.1, 0.15) is 21.5 Å². The van der Waals surface area contributed by atoms with Crippen molar-refractivity contribution in [3.05, 3.63) is 34.9 Å². The highest BCUT2D eigenvalue weighted by Crippen LogP contribution is 2.38. The van der Waals surface area contributed by atoms with Gasteiger partial charge in [0, 0.05) is 11.1 Å². The first-order valence-electron chi connectivity index (χ1n) is 4.04. The van der Waals surface area contributed by atoms with Crippen LogP contribution in [0.3, 0.4) is 0 Å². The number of hydrogen-bond donors (Lipinski definition) is 1. The molecular weight excluding hydrogens is 287 g/mol. The summed E-state index contributed by atoms with van der Waals surface area (Å²) in [6.45, 7) is 0. The first-order chi connectivity index (χ1) is 7.51. The van der Waals surface area contributed by atoms with Gasteiger partial charge < -0.3 is 5.11 Å². The molecular formula is C9H4Cl2F4O2. The molecule has 0 aliphatic rings. The van der Waals surface area contributed by atoms with E-state index in [4.69, 9.17) is 5.11 Å². The minimum absolute atomic E-state index is 0.354. The minimum atomic E-state index is -3.96. The SMILES string of the molecule is O=C(O)c1cc(C(F)(F)Cl)cc(C(F)(F)Cl)c1. The maximum absolute atomic E-state index is 12.8. The molecule has 0 aromatic heterocycles. The average molecular weight is 291 g/mol. The second-order valence-corrected chi connectivity index (χ2v) is 4.05. The zero-order valence-electron chi connectivity index (χ0n) is 7.86. The van der Waals surface area contributed by atoms with Crippen LogP contribution in [0.5, 0.6) is 0 Å². The number of aromatic carboxylic acids is 1. The summed E-state index contributed by atoms with van der Waals surface area (Å²) in [7, 11) is 0. The molecule has 0 heterocycles. The zero-order chi connectivity index (χ0) is 13.4. The summed E-state index contributed by atoms with van der Waals surface area (Å²) in [5, 5.41) is 0.677. The van der Waals surface area contributed by atoms with Crippen LogP contribution < -0.4 is 0 Å².